The van der Waals surface area contributed by atoms with Crippen molar-refractivity contribution in [3.05, 3.63) is 17.5 Å². The molecule has 2 aliphatic rings. The minimum absolute atomic E-state index is 0.0295. The van der Waals surface area contributed by atoms with Crippen LogP contribution >= 0.6 is 0 Å². The predicted molar refractivity (Wildman–Crippen MR) is 83.7 cm³/mol. The van der Waals surface area contributed by atoms with Gasteiger partial charge >= 0.3 is 0 Å². The van der Waals surface area contributed by atoms with Crippen LogP contribution in [0.25, 0.3) is 0 Å². The highest BCUT2D eigenvalue weighted by atomic mass is 16.5. The van der Waals surface area contributed by atoms with Gasteiger partial charge in [-0.25, -0.2) is 9.97 Å². The monoisotopic (exact) mass is 304 g/mol. The summed E-state index contributed by atoms with van der Waals surface area (Å²) < 4.78 is 5.79. The number of ether oxygens (including phenoxy) is 1. The number of rotatable bonds is 2. The first-order valence-corrected chi connectivity index (χ1v) is 7.83. The molecule has 1 amide bonds. The molecule has 3 rings (SSSR count). The molecule has 1 spiro atoms. The molecule has 1 saturated heterocycles. The van der Waals surface area contributed by atoms with Gasteiger partial charge in [0.05, 0.1) is 24.3 Å². The number of hydrogen-bond donors (Lipinski definition) is 0. The van der Waals surface area contributed by atoms with E-state index in [4.69, 9.17) is 9.72 Å². The molecule has 1 aromatic rings. The fraction of sp³-hybridized carbons (Fsp3) is 0.688. The van der Waals surface area contributed by atoms with Crippen molar-refractivity contribution >= 4 is 11.9 Å². The van der Waals surface area contributed by atoms with Crippen LogP contribution in [0.1, 0.15) is 31.5 Å². The van der Waals surface area contributed by atoms with Crippen molar-refractivity contribution < 1.29 is 9.53 Å². The first kappa shape index (κ1) is 15.2. The Bertz CT molecular complexity index is 588. The predicted octanol–water partition coefficient (Wildman–Crippen LogP) is 1.20. The summed E-state index contributed by atoms with van der Waals surface area (Å²) in [5.41, 5.74) is 1.94. The normalized spacial score (nSPS) is 24.0. The van der Waals surface area contributed by atoms with Crippen molar-refractivity contribution in [3.63, 3.8) is 0 Å². The van der Waals surface area contributed by atoms with Crippen LogP contribution < -0.4 is 4.90 Å². The van der Waals surface area contributed by atoms with E-state index in [0.717, 1.165) is 24.2 Å². The smallest absolute Gasteiger partial charge is 0.225 e. The maximum Gasteiger partial charge on any atom is 0.225 e. The second kappa shape index (κ2) is 5.50. The van der Waals surface area contributed by atoms with E-state index in [9.17, 15) is 4.79 Å². The third-order valence-electron chi connectivity index (χ3n) is 4.55. The molecule has 1 fully saturated rings. The zero-order valence-electron chi connectivity index (χ0n) is 13.8. The van der Waals surface area contributed by atoms with E-state index in [-0.39, 0.29) is 17.2 Å². The Morgan fingerprint density at radius 3 is 2.91 bits per heavy atom. The Labute approximate surface area is 131 Å². The van der Waals surface area contributed by atoms with E-state index in [1.807, 2.05) is 43.9 Å². The highest BCUT2D eigenvalue weighted by Crippen LogP contribution is 2.39. The van der Waals surface area contributed by atoms with Crippen molar-refractivity contribution in [3.8, 4) is 0 Å². The van der Waals surface area contributed by atoms with Crippen molar-refractivity contribution in [2.24, 2.45) is 5.92 Å². The van der Waals surface area contributed by atoms with Crippen LogP contribution in [0.15, 0.2) is 6.20 Å². The van der Waals surface area contributed by atoms with E-state index in [1.165, 1.54) is 0 Å². The number of likely N-dealkylation sites (tertiary alicyclic amines) is 1. The third kappa shape index (κ3) is 2.45. The van der Waals surface area contributed by atoms with Gasteiger partial charge in [-0.2, -0.15) is 0 Å². The van der Waals surface area contributed by atoms with Gasteiger partial charge in [-0.3, -0.25) is 4.79 Å². The molecule has 0 N–H and O–H groups in total. The van der Waals surface area contributed by atoms with Gasteiger partial charge in [0.25, 0.3) is 0 Å². The van der Waals surface area contributed by atoms with Crippen molar-refractivity contribution in [2.75, 3.05) is 38.7 Å². The quantitative estimate of drug-likeness (QED) is 0.821. The van der Waals surface area contributed by atoms with E-state index in [2.05, 4.69) is 4.98 Å². The number of carbonyl (C=O) groups excluding carboxylic acids is 1. The van der Waals surface area contributed by atoms with Crippen LogP contribution in [0.2, 0.25) is 0 Å². The molecule has 0 radical (unpaired) electrons. The lowest BCUT2D eigenvalue weighted by molar-refractivity contribution is -0.133. The van der Waals surface area contributed by atoms with Gasteiger partial charge < -0.3 is 14.5 Å². The number of carbonyl (C=O) groups is 1. The Hall–Kier alpha value is -1.69. The standard InChI is InChI=1S/C16H24N4O2/c1-11(2)14(21)20-6-5-16(9-20)10-22-8-12-7-17-15(19(3)4)18-13(12)16/h7,11H,5-6,8-10H2,1-4H3/t16-/m1/s1. The Morgan fingerprint density at radius 1 is 1.45 bits per heavy atom. The zero-order valence-corrected chi connectivity index (χ0v) is 13.8. The molecule has 6 nitrogen and oxygen atoms in total. The average Bonchev–Trinajstić information content (AvgIpc) is 2.91. The topological polar surface area (TPSA) is 58.6 Å². The van der Waals surface area contributed by atoms with Gasteiger partial charge in [0, 0.05) is 44.9 Å². The Morgan fingerprint density at radius 2 is 2.23 bits per heavy atom. The summed E-state index contributed by atoms with van der Waals surface area (Å²) in [5, 5.41) is 0. The van der Waals surface area contributed by atoms with Crippen molar-refractivity contribution in [2.45, 2.75) is 32.3 Å². The summed E-state index contributed by atoms with van der Waals surface area (Å²) >= 11 is 0. The van der Waals surface area contributed by atoms with Gasteiger partial charge in [-0.15, -0.1) is 0 Å². The minimum Gasteiger partial charge on any atom is -0.376 e. The number of anilines is 1. The molecule has 0 aliphatic carbocycles. The number of fused-ring (bicyclic) bond motifs is 2. The summed E-state index contributed by atoms with van der Waals surface area (Å²) in [6, 6.07) is 0. The molecular weight excluding hydrogens is 280 g/mol. The van der Waals surface area contributed by atoms with E-state index in [1.54, 1.807) is 0 Å². The first-order chi connectivity index (χ1) is 10.4. The zero-order chi connectivity index (χ0) is 15.9. The molecule has 0 saturated carbocycles. The molecule has 2 aliphatic heterocycles. The van der Waals surface area contributed by atoms with Crippen LogP contribution in [0.5, 0.6) is 0 Å². The summed E-state index contributed by atoms with van der Waals surface area (Å²) in [4.78, 5) is 25.3. The third-order valence-corrected chi connectivity index (χ3v) is 4.55. The van der Waals surface area contributed by atoms with Crippen LogP contribution in [-0.4, -0.2) is 54.6 Å². The number of hydrogen-bond acceptors (Lipinski definition) is 5. The molecule has 22 heavy (non-hydrogen) atoms. The van der Waals surface area contributed by atoms with Gasteiger partial charge in [0.1, 0.15) is 0 Å². The molecule has 1 aromatic heterocycles. The van der Waals surface area contributed by atoms with Crippen molar-refractivity contribution in [1.29, 1.82) is 0 Å². The van der Waals surface area contributed by atoms with Gasteiger partial charge in [0.15, 0.2) is 0 Å². The van der Waals surface area contributed by atoms with E-state index in [0.29, 0.717) is 25.7 Å². The Kier molecular flexibility index (Phi) is 3.80. The molecule has 0 unspecified atom stereocenters. The highest BCUT2D eigenvalue weighted by Gasteiger charge is 2.46. The second-order valence-electron chi connectivity index (χ2n) is 6.88. The number of amides is 1. The number of aromatic nitrogens is 2. The van der Waals surface area contributed by atoms with Crippen LogP contribution in [-0.2, 0) is 21.6 Å². The molecule has 1 atom stereocenters. The summed E-state index contributed by atoms with van der Waals surface area (Å²) in [6.07, 6.45) is 2.77. The lowest BCUT2D eigenvalue weighted by atomic mass is 9.80. The maximum absolute atomic E-state index is 12.3. The summed E-state index contributed by atoms with van der Waals surface area (Å²) in [5.74, 6) is 0.960. The van der Waals surface area contributed by atoms with E-state index < -0.39 is 0 Å². The SMILES string of the molecule is CC(C)C(=O)N1CC[C@]2(COCc3cnc(N(C)C)nc32)C1. The van der Waals surface area contributed by atoms with Gasteiger partial charge in [0.2, 0.25) is 11.9 Å². The van der Waals surface area contributed by atoms with Gasteiger partial charge in [-0.1, -0.05) is 13.8 Å². The fourth-order valence-electron chi connectivity index (χ4n) is 3.34. The Balaban J connectivity index is 1.94. The summed E-state index contributed by atoms with van der Waals surface area (Å²) in [6.45, 7) is 6.56. The molecule has 3 heterocycles. The van der Waals surface area contributed by atoms with E-state index >= 15 is 0 Å². The van der Waals surface area contributed by atoms with Crippen molar-refractivity contribution in [1.82, 2.24) is 14.9 Å². The largest absolute Gasteiger partial charge is 0.376 e. The van der Waals surface area contributed by atoms with Crippen LogP contribution in [0, 0.1) is 5.92 Å². The fourth-order valence-corrected chi connectivity index (χ4v) is 3.34. The lowest BCUT2D eigenvalue weighted by Gasteiger charge is -2.34. The highest BCUT2D eigenvalue weighted by molar-refractivity contribution is 5.78. The maximum atomic E-state index is 12.3. The summed E-state index contributed by atoms with van der Waals surface area (Å²) in [7, 11) is 3.88. The number of nitrogens with zero attached hydrogens (tertiary/aromatic N) is 4. The average molecular weight is 304 g/mol. The molecular formula is C16H24N4O2. The molecule has 120 valence electrons. The molecule has 6 heteroatoms. The minimum atomic E-state index is -0.175. The second-order valence-corrected chi connectivity index (χ2v) is 6.88. The van der Waals surface area contributed by atoms with Crippen LogP contribution in [0.4, 0.5) is 5.95 Å². The van der Waals surface area contributed by atoms with Crippen LogP contribution in [0.3, 0.4) is 0 Å². The lowest BCUT2D eigenvalue weighted by Crippen LogP contribution is -2.42. The molecule has 0 bridgehead atoms. The first-order valence-electron chi connectivity index (χ1n) is 7.83. The van der Waals surface area contributed by atoms with Gasteiger partial charge in [-0.05, 0) is 6.42 Å². The molecule has 0 aromatic carbocycles.